The second kappa shape index (κ2) is 6.29. The van der Waals surface area contributed by atoms with Crippen molar-refractivity contribution >= 4 is 0 Å². The predicted octanol–water partition coefficient (Wildman–Crippen LogP) is 5.89. The zero-order valence-corrected chi connectivity index (χ0v) is 16.2. The molecule has 1 N–H and O–H groups in total. The number of phenols is 1. The lowest BCUT2D eigenvalue weighted by Gasteiger charge is -2.49. The van der Waals surface area contributed by atoms with Crippen LogP contribution in [0, 0.1) is 23.2 Å². The van der Waals surface area contributed by atoms with Gasteiger partial charge in [-0.15, -0.1) is 0 Å². The zero-order chi connectivity index (χ0) is 18.6. The monoisotopic (exact) mass is 362 g/mol. The zero-order valence-electron chi connectivity index (χ0n) is 16.2. The lowest BCUT2D eigenvalue weighted by Crippen LogP contribution is -2.45. The molecule has 142 valence electrons. The van der Waals surface area contributed by atoms with E-state index in [0.717, 1.165) is 29.9 Å². The molecule has 0 heterocycles. The molecular formula is C25H30O2. The van der Waals surface area contributed by atoms with E-state index in [-0.39, 0.29) is 6.10 Å². The summed E-state index contributed by atoms with van der Waals surface area (Å²) in [5.74, 6) is 4.37. The number of hydrogen-bond acceptors (Lipinski definition) is 2. The number of aromatic hydroxyl groups is 1. The molecule has 1 spiro atoms. The number of allylic oxidation sites excluding steroid dienone is 4. The van der Waals surface area contributed by atoms with Crippen molar-refractivity contribution in [3.63, 3.8) is 0 Å². The highest BCUT2D eigenvalue weighted by molar-refractivity contribution is 5.41. The van der Waals surface area contributed by atoms with E-state index in [1.54, 1.807) is 6.08 Å². The maximum Gasteiger partial charge on any atom is 0.115 e. The van der Waals surface area contributed by atoms with Crippen molar-refractivity contribution < 1.29 is 9.84 Å². The van der Waals surface area contributed by atoms with E-state index in [0.29, 0.717) is 17.1 Å². The summed E-state index contributed by atoms with van der Waals surface area (Å²) >= 11 is 0. The van der Waals surface area contributed by atoms with Gasteiger partial charge in [-0.25, -0.2) is 0 Å². The van der Waals surface area contributed by atoms with Gasteiger partial charge in [0.25, 0.3) is 0 Å². The maximum atomic E-state index is 9.97. The highest BCUT2D eigenvalue weighted by atomic mass is 16.5. The number of hydrogen-bond donors (Lipinski definition) is 1. The van der Waals surface area contributed by atoms with E-state index in [1.807, 2.05) is 31.2 Å². The lowest BCUT2D eigenvalue weighted by molar-refractivity contribution is -0.0259. The fraction of sp³-hybridized carbons (Fsp3) is 0.520. The summed E-state index contributed by atoms with van der Waals surface area (Å²) in [4.78, 5) is 0. The summed E-state index contributed by atoms with van der Waals surface area (Å²) in [7, 11) is 0. The molecular weight excluding hydrogens is 332 g/mol. The van der Waals surface area contributed by atoms with Gasteiger partial charge in [-0.3, -0.25) is 0 Å². The van der Waals surface area contributed by atoms with Crippen molar-refractivity contribution in [3.8, 4) is 5.75 Å². The first-order valence-electron chi connectivity index (χ1n) is 10.6. The first-order valence-corrected chi connectivity index (χ1v) is 10.6. The summed E-state index contributed by atoms with van der Waals surface area (Å²) in [5, 5.41) is 9.97. The number of benzene rings is 1. The molecule has 0 saturated heterocycles. The van der Waals surface area contributed by atoms with Crippen LogP contribution in [-0.4, -0.2) is 11.2 Å². The summed E-state index contributed by atoms with van der Waals surface area (Å²) < 4.78 is 6.66. The van der Waals surface area contributed by atoms with E-state index >= 15 is 0 Å². The van der Waals surface area contributed by atoms with Crippen LogP contribution in [0.15, 0.2) is 54.8 Å². The second-order valence-electron chi connectivity index (χ2n) is 9.08. The molecule has 2 nitrogen and oxygen atoms in total. The molecule has 4 aliphatic carbocycles. The number of rotatable bonds is 4. The lowest BCUT2D eigenvalue weighted by atomic mass is 9.57. The first kappa shape index (κ1) is 17.2. The summed E-state index contributed by atoms with van der Waals surface area (Å²) in [6.07, 6.45) is 15.9. The first-order chi connectivity index (χ1) is 13.2. The number of phenolic OH excluding ortho intramolecular Hbond substituents is 1. The SMILES string of the molecule is C=C/C=C\C(=C/C)O[C@H]1CC23C[C@H]2CCC3C2CCc3cc(O)ccc3[C@H]21. The van der Waals surface area contributed by atoms with Gasteiger partial charge in [0.15, 0.2) is 0 Å². The van der Waals surface area contributed by atoms with Crippen LogP contribution in [-0.2, 0) is 11.2 Å². The number of ether oxygens (including phenoxy) is 1. The molecule has 5 rings (SSSR count). The van der Waals surface area contributed by atoms with Crippen molar-refractivity contribution in [2.45, 2.75) is 57.5 Å². The van der Waals surface area contributed by atoms with Gasteiger partial charge in [-0.2, -0.15) is 0 Å². The Labute approximate surface area is 162 Å². The van der Waals surface area contributed by atoms with Crippen molar-refractivity contribution in [1.29, 1.82) is 0 Å². The number of aryl methyl sites for hydroxylation is 1. The van der Waals surface area contributed by atoms with E-state index in [2.05, 4.69) is 18.7 Å². The van der Waals surface area contributed by atoms with Crippen molar-refractivity contribution in [1.82, 2.24) is 0 Å². The largest absolute Gasteiger partial charge is 0.508 e. The normalized spacial score (nSPS) is 39.3. The van der Waals surface area contributed by atoms with Crippen LogP contribution in [0.25, 0.3) is 0 Å². The Balaban J connectivity index is 1.53. The summed E-state index contributed by atoms with van der Waals surface area (Å²) in [6.45, 7) is 5.83. The Morgan fingerprint density at radius 1 is 1.26 bits per heavy atom. The van der Waals surface area contributed by atoms with Crippen LogP contribution < -0.4 is 0 Å². The van der Waals surface area contributed by atoms with Gasteiger partial charge in [0, 0.05) is 5.92 Å². The molecule has 0 amide bonds. The Morgan fingerprint density at radius 3 is 2.93 bits per heavy atom. The standard InChI is InChI=1S/C25H30O2/c1-3-5-6-19(4-2)27-23-15-25-14-17(25)8-12-22(25)21-10-7-16-13-18(26)9-11-20(16)24(21)23/h3-6,9,11,13,17,21-24,26H,1,7-8,10,12,14-15H2,2H3/b6-5-,19-4+/t17-,21?,22?,23+,24-,25?/m1/s1. The molecule has 3 unspecified atom stereocenters. The van der Waals surface area contributed by atoms with Crippen molar-refractivity contribution in [3.05, 3.63) is 66.0 Å². The van der Waals surface area contributed by atoms with Crippen LogP contribution in [0.2, 0.25) is 0 Å². The Kier molecular flexibility index (Phi) is 4.00. The Morgan fingerprint density at radius 2 is 2.15 bits per heavy atom. The molecule has 4 aliphatic rings. The van der Waals surface area contributed by atoms with Gasteiger partial charge < -0.3 is 9.84 Å². The van der Waals surface area contributed by atoms with Gasteiger partial charge in [0.1, 0.15) is 17.6 Å². The molecule has 1 aromatic carbocycles. The molecule has 2 heteroatoms. The minimum Gasteiger partial charge on any atom is -0.508 e. The highest BCUT2D eigenvalue weighted by Gasteiger charge is 2.68. The Bertz CT molecular complexity index is 820. The third kappa shape index (κ3) is 2.60. The third-order valence-electron chi connectivity index (χ3n) is 8.01. The molecule has 3 fully saturated rings. The van der Waals surface area contributed by atoms with Crippen LogP contribution in [0.5, 0.6) is 5.75 Å². The average Bonchev–Trinajstić information content (AvgIpc) is 3.25. The van der Waals surface area contributed by atoms with Crippen LogP contribution in [0.4, 0.5) is 0 Å². The van der Waals surface area contributed by atoms with Gasteiger partial charge in [-0.05, 0) is 104 Å². The molecule has 27 heavy (non-hydrogen) atoms. The number of fused-ring (bicyclic) bond motifs is 4. The van der Waals surface area contributed by atoms with Crippen molar-refractivity contribution in [2.24, 2.45) is 23.2 Å². The second-order valence-corrected chi connectivity index (χ2v) is 9.08. The third-order valence-corrected chi connectivity index (χ3v) is 8.01. The summed E-state index contributed by atoms with van der Waals surface area (Å²) in [6, 6.07) is 6.02. The molecule has 0 bridgehead atoms. The smallest absolute Gasteiger partial charge is 0.115 e. The molecule has 0 aliphatic heterocycles. The summed E-state index contributed by atoms with van der Waals surface area (Å²) in [5.41, 5.74) is 3.33. The van der Waals surface area contributed by atoms with E-state index in [1.165, 1.54) is 43.2 Å². The van der Waals surface area contributed by atoms with E-state index in [9.17, 15) is 5.11 Å². The maximum absolute atomic E-state index is 9.97. The van der Waals surface area contributed by atoms with E-state index in [4.69, 9.17) is 4.74 Å². The Hall–Kier alpha value is -1.96. The van der Waals surface area contributed by atoms with Crippen molar-refractivity contribution in [2.75, 3.05) is 0 Å². The minimum atomic E-state index is 0.235. The topological polar surface area (TPSA) is 29.5 Å². The molecule has 0 aromatic heterocycles. The predicted molar refractivity (Wildman–Crippen MR) is 109 cm³/mol. The molecule has 6 atom stereocenters. The molecule has 0 radical (unpaired) electrons. The average molecular weight is 363 g/mol. The van der Waals surface area contributed by atoms with Gasteiger partial charge in [0.05, 0.1) is 0 Å². The molecule has 3 saturated carbocycles. The van der Waals surface area contributed by atoms with Crippen LogP contribution in [0.1, 0.15) is 56.1 Å². The van der Waals surface area contributed by atoms with E-state index < -0.39 is 0 Å². The minimum absolute atomic E-state index is 0.235. The van der Waals surface area contributed by atoms with Gasteiger partial charge in [0.2, 0.25) is 0 Å². The van der Waals surface area contributed by atoms with Gasteiger partial charge in [-0.1, -0.05) is 24.8 Å². The van der Waals surface area contributed by atoms with Crippen LogP contribution in [0.3, 0.4) is 0 Å². The highest BCUT2D eigenvalue weighted by Crippen LogP contribution is 2.75. The fourth-order valence-corrected chi connectivity index (χ4v) is 6.90. The molecule has 1 aromatic rings. The van der Waals surface area contributed by atoms with Gasteiger partial charge >= 0.3 is 0 Å². The van der Waals surface area contributed by atoms with Crippen LogP contribution >= 0.6 is 0 Å². The fourth-order valence-electron chi connectivity index (χ4n) is 6.90. The quantitative estimate of drug-likeness (QED) is 0.534.